The lowest BCUT2D eigenvalue weighted by atomic mass is 10.3. The maximum atomic E-state index is 5.60. The standard InChI is InChI=1S/C8H7NO2.C8H8O2/c9-6-2-1-3-7-8(6)11-5-4-10-7;1-2-4-8-7(3-1)9-5-6-10-8/h1-5H,9H2;1-4H,5-6H2. The molecule has 0 bridgehead atoms. The molecule has 2 aliphatic rings. The quantitative estimate of drug-likeness (QED) is 0.754. The highest BCUT2D eigenvalue weighted by Gasteiger charge is 2.10. The smallest absolute Gasteiger partial charge is 0.191 e. The van der Waals surface area contributed by atoms with Crippen molar-refractivity contribution < 1.29 is 18.9 Å². The van der Waals surface area contributed by atoms with E-state index in [0.717, 1.165) is 11.5 Å². The number of benzene rings is 2. The minimum atomic E-state index is 0.590. The van der Waals surface area contributed by atoms with E-state index in [1.165, 1.54) is 12.5 Å². The minimum absolute atomic E-state index is 0.590. The number of para-hydroxylation sites is 3. The Balaban J connectivity index is 0.000000126. The van der Waals surface area contributed by atoms with Crippen LogP contribution in [-0.2, 0) is 0 Å². The molecule has 5 nitrogen and oxygen atoms in total. The second-order valence-corrected chi connectivity index (χ2v) is 4.33. The van der Waals surface area contributed by atoms with Gasteiger partial charge in [-0.3, -0.25) is 0 Å². The summed E-state index contributed by atoms with van der Waals surface area (Å²) in [6.07, 6.45) is 2.93. The molecule has 0 saturated carbocycles. The van der Waals surface area contributed by atoms with Crippen molar-refractivity contribution in [3.05, 3.63) is 55.0 Å². The van der Waals surface area contributed by atoms with Crippen LogP contribution in [0.4, 0.5) is 5.69 Å². The second kappa shape index (κ2) is 6.09. The largest absolute Gasteiger partial charge is 0.486 e. The van der Waals surface area contributed by atoms with Crippen LogP contribution in [0, 0.1) is 0 Å². The Morgan fingerprint density at radius 3 is 2.00 bits per heavy atom. The van der Waals surface area contributed by atoms with Gasteiger partial charge in [0.15, 0.2) is 23.0 Å². The molecule has 0 aromatic heterocycles. The van der Waals surface area contributed by atoms with Gasteiger partial charge < -0.3 is 24.7 Å². The van der Waals surface area contributed by atoms with Gasteiger partial charge in [0.1, 0.15) is 25.7 Å². The first-order valence-electron chi connectivity index (χ1n) is 6.56. The number of fused-ring (bicyclic) bond motifs is 2. The van der Waals surface area contributed by atoms with E-state index in [2.05, 4.69) is 0 Å². The molecule has 5 heteroatoms. The lowest BCUT2D eigenvalue weighted by molar-refractivity contribution is 0.171. The molecule has 0 fully saturated rings. The van der Waals surface area contributed by atoms with E-state index >= 15 is 0 Å². The van der Waals surface area contributed by atoms with Crippen molar-refractivity contribution in [2.75, 3.05) is 18.9 Å². The molecular weight excluding hydrogens is 270 g/mol. The highest BCUT2D eigenvalue weighted by atomic mass is 16.6. The van der Waals surface area contributed by atoms with E-state index in [9.17, 15) is 0 Å². The third-order valence-corrected chi connectivity index (χ3v) is 2.89. The van der Waals surface area contributed by atoms with E-state index in [-0.39, 0.29) is 0 Å². The zero-order valence-electron chi connectivity index (χ0n) is 11.3. The number of rotatable bonds is 0. The SMILES string of the molecule is Nc1cccc2c1OC=CO2.c1ccc2c(c1)OCCO2. The molecule has 2 aromatic rings. The van der Waals surface area contributed by atoms with Gasteiger partial charge >= 0.3 is 0 Å². The summed E-state index contributed by atoms with van der Waals surface area (Å²) in [5.74, 6) is 2.96. The minimum Gasteiger partial charge on any atom is -0.486 e. The fourth-order valence-electron chi connectivity index (χ4n) is 1.94. The van der Waals surface area contributed by atoms with Crippen LogP contribution in [-0.4, -0.2) is 13.2 Å². The molecule has 2 N–H and O–H groups in total. The molecule has 2 aromatic carbocycles. The lowest BCUT2D eigenvalue weighted by Gasteiger charge is -2.17. The van der Waals surface area contributed by atoms with Crippen molar-refractivity contribution in [2.45, 2.75) is 0 Å². The molecule has 0 radical (unpaired) electrons. The van der Waals surface area contributed by atoms with Gasteiger partial charge in [0.25, 0.3) is 0 Å². The summed E-state index contributed by atoms with van der Waals surface area (Å²) in [6, 6.07) is 13.1. The van der Waals surface area contributed by atoms with Crippen LogP contribution >= 0.6 is 0 Å². The molecule has 0 spiro atoms. The fourth-order valence-corrected chi connectivity index (χ4v) is 1.94. The molecule has 4 rings (SSSR count). The Bertz CT molecular complexity index is 629. The molecule has 21 heavy (non-hydrogen) atoms. The van der Waals surface area contributed by atoms with Crippen LogP contribution in [0.15, 0.2) is 55.0 Å². The van der Waals surface area contributed by atoms with E-state index in [4.69, 9.17) is 24.7 Å². The number of hydrogen-bond acceptors (Lipinski definition) is 5. The predicted octanol–water partition coefficient (Wildman–Crippen LogP) is 2.97. The fraction of sp³-hybridized carbons (Fsp3) is 0.125. The lowest BCUT2D eigenvalue weighted by Crippen LogP contribution is -2.14. The third-order valence-electron chi connectivity index (χ3n) is 2.89. The van der Waals surface area contributed by atoms with Crippen LogP contribution in [0.1, 0.15) is 0 Å². The Morgan fingerprint density at radius 2 is 1.33 bits per heavy atom. The Labute approximate surface area is 122 Å². The summed E-state index contributed by atoms with van der Waals surface area (Å²) < 4.78 is 20.8. The summed E-state index contributed by atoms with van der Waals surface area (Å²) in [7, 11) is 0. The van der Waals surface area contributed by atoms with Gasteiger partial charge in [-0.05, 0) is 24.3 Å². The van der Waals surface area contributed by atoms with Crippen LogP contribution in [0.2, 0.25) is 0 Å². The van der Waals surface area contributed by atoms with Crippen molar-refractivity contribution in [3.63, 3.8) is 0 Å². The normalized spacial score (nSPS) is 13.9. The first-order chi connectivity index (χ1) is 10.3. The van der Waals surface area contributed by atoms with Gasteiger partial charge in [-0.1, -0.05) is 18.2 Å². The summed E-state index contributed by atoms with van der Waals surface area (Å²) in [5, 5.41) is 0. The molecule has 0 atom stereocenters. The highest BCUT2D eigenvalue weighted by molar-refractivity contribution is 5.61. The van der Waals surface area contributed by atoms with E-state index < -0.39 is 0 Å². The average Bonchev–Trinajstić information content (AvgIpc) is 2.56. The molecule has 0 saturated heterocycles. The van der Waals surface area contributed by atoms with E-state index in [0.29, 0.717) is 30.4 Å². The first kappa shape index (κ1) is 13.2. The number of nitrogen functional groups attached to an aromatic ring is 1. The monoisotopic (exact) mass is 285 g/mol. The zero-order valence-corrected chi connectivity index (χ0v) is 11.3. The molecule has 0 unspecified atom stereocenters. The van der Waals surface area contributed by atoms with Crippen LogP contribution < -0.4 is 24.7 Å². The zero-order chi connectivity index (χ0) is 14.5. The average molecular weight is 285 g/mol. The molecule has 2 aliphatic heterocycles. The van der Waals surface area contributed by atoms with Gasteiger partial charge in [0.2, 0.25) is 0 Å². The van der Waals surface area contributed by atoms with Crippen molar-refractivity contribution in [2.24, 2.45) is 0 Å². The van der Waals surface area contributed by atoms with Gasteiger partial charge in [-0.15, -0.1) is 0 Å². The maximum Gasteiger partial charge on any atom is 0.191 e. The summed E-state index contributed by atoms with van der Waals surface area (Å²) in [4.78, 5) is 0. The predicted molar refractivity (Wildman–Crippen MR) is 78.7 cm³/mol. The summed E-state index contributed by atoms with van der Waals surface area (Å²) >= 11 is 0. The summed E-state index contributed by atoms with van der Waals surface area (Å²) in [6.45, 7) is 1.33. The van der Waals surface area contributed by atoms with Crippen molar-refractivity contribution in [1.82, 2.24) is 0 Å². The number of nitrogens with two attached hydrogens (primary N) is 1. The topological polar surface area (TPSA) is 62.9 Å². The molecule has 0 aliphatic carbocycles. The highest BCUT2D eigenvalue weighted by Crippen LogP contribution is 2.35. The molecule has 108 valence electrons. The van der Waals surface area contributed by atoms with E-state index in [1.807, 2.05) is 30.3 Å². The molecule has 0 amide bonds. The van der Waals surface area contributed by atoms with Crippen LogP contribution in [0.3, 0.4) is 0 Å². The van der Waals surface area contributed by atoms with Crippen molar-refractivity contribution in [1.29, 1.82) is 0 Å². The number of hydrogen-bond donors (Lipinski definition) is 1. The van der Waals surface area contributed by atoms with Gasteiger partial charge in [-0.2, -0.15) is 0 Å². The van der Waals surface area contributed by atoms with Gasteiger partial charge in [0.05, 0.1) is 5.69 Å². The Morgan fingerprint density at radius 1 is 0.714 bits per heavy atom. The van der Waals surface area contributed by atoms with E-state index in [1.54, 1.807) is 12.1 Å². The second-order valence-electron chi connectivity index (χ2n) is 4.33. The van der Waals surface area contributed by atoms with Crippen molar-refractivity contribution in [3.8, 4) is 23.0 Å². The maximum absolute atomic E-state index is 5.60. The van der Waals surface area contributed by atoms with Crippen molar-refractivity contribution >= 4 is 5.69 Å². The van der Waals surface area contributed by atoms with Gasteiger partial charge in [-0.25, -0.2) is 0 Å². The van der Waals surface area contributed by atoms with Crippen LogP contribution in [0.25, 0.3) is 0 Å². The Hall–Kier alpha value is -2.82. The molecular formula is C16H15NO4. The number of ether oxygens (including phenoxy) is 4. The third kappa shape index (κ3) is 3.02. The number of anilines is 1. The Kier molecular flexibility index (Phi) is 3.82. The van der Waals surface area contributed by atoms with Gasteiger partial charge in [0, 0.05) is 0 Å². The molecule has 2 heterocycles. The summed E-state index contributed by atoms with van der Waals surface area (Å²) in [5.41, 5.74) is 6.19. The first-order valence-corrected chi connectivity index (χ1v) is 6.56. The van der Waals surface area contributed by atoms with Crippen LogP contribution in [0.5, 0.6) is 23.0 Å².